The quantitative estimate of drug-likeness (QED) is 0.824. The minimum Gasteiger partial charge on any atom is -0.465 e. The Hall–Kier alpha value is -2.51. The zero-order valence-corrected chi connectivity index (χ0v) is 15.2. The van der Waals surface area contributed by atoms with E-state index in [4.69, 9.17) is 18.6 Å². The summed E-state index contributed by atoms with van der Waals surface area (Å²) in [5.74, 6) is 3.18. The Bertz CT molecular complexity index is 864. The number of aryl methyl sites for hydroxylation is 1. The molecule has 2 fully saturated rings. The van der Waals surface area contributed by atoms with Gasteiger partial charge >= 0.3 is 0 Å². The van der Waals surface area contributed by atoms with Gasteiger partial charge in [-0.2, -0.15) is 0 Å². The summed E-state index contributed by atoms with van der Waals surface area (Å²) in [6.07, 6.45) is 0.0350. The molecule has 0 saturated carbocycles. The van der Waals surface area contributed by atoms with Crippen LogP contribution in [-0.2, 0) is 11.3 Å². The van der Waals surface area contributed by atoms with Gasteiger partial charge in [-0.1, -0.05) is 0 Å². The van der Waals surface area contributed by atoms with Crippen molar-refractivity contribution in [2.45, 2.75) is 25.6 Å². The highest BCUT2D eigenvalue weighted by atomic mass is 16.7. The van der Waals surface area contributed by atoms with Crippen LogP contribution in [0.1, 0.15) is 21.9 Å². The first-order valence-corrected chi connectivity index (χ1v) is 9.27. The number of nitrogens with zero attached hydrogens (tertiary/aromatic N) is 2. The summed E-state index contributed by atoms with van der Waals surface area (Å²) in [5.41, 5.74) is 0.617. The summed E-state index contributed by atoms with van der Waals surface area (Å²) in [4.78, 5) is 17.2. The normalized spacial score (nSPS) is 24.3. The maximum absolute atomic E-state index is 13.0. The number of hydrogen-bond donors (Lipinski definition) is 0. The predicted molar refractivity (Wildman–Crippen MR) is 95.9 cm³/mol. The molecule has 7 nitrogen and oxygen atoms in total. The van der Waals surface area contributed by atoms with Crippen LogP contribution in [-0.4, -0.2) is 60.9 Å². The SMILES string of the molecule is Cc1ccc(CN2CCO[C@@H]3CN(C(=O)c4ccc5c(c4)OCO5)C[C@@H]32)o1. The highest BCUT2D eigenvalue weighted by Crippen LogP contribution is 2.33. The molecule has 0 aliphatic carbocycles. The second-order valence-electron chi connectivity index (χ2n) is 7.24. The fourth-order valence-corrected chi connectivity index (χ4v) is 4.10. The Labute approximate surface area is 157 Å². The summed E-state index contributed by atoms with van der Waals surface area (Å²) >= 11 is 0. The Morgan fingerprint density at radius 3 is 2.89 bits per heavy atom. The van der Waals surface area contributed by atoms with Crippen LogP contribution < -0.4 is 9.47 Å². The molecular formula is C20H22N2O5. The van der Waals surface area contributed by atoms with Gasteiger partial charge in [-0.3, -0.25) is 9.69 Å². The minimum atomic E-state index is 0.0000862. The number of furan rings is 1. The smallest absolute Gasteiger partial charge is 0.254 e. The van der Waals surface area contributed by atoms with Crippen LogP contribution in [0.4, 0.5) is 0 Å². The molecule has 1 aromatic heterocycles. The molecule has 0 N–H and O–H groups in total. The molecule has 2 saturated heterocycles. The number of rotatable bonds is 3. The lowest BCUT2D eigenvalue weighted by molar-refractivity contribution is -0.0522. The number of carbonyl (C=O) groups is 1. The second-order valence-corrected chi connectivity index (χ2v) is 7.24. The van der Waals surface area contributed by atoms with Crippen molar-refractivity contribution >= 4 is 5.91 Å². The summed E-state index contributed by atoms with van der Waals surface area (Å²) in [6, 6.07) is 9.53. The number of likely N-dealkylation sites (tertiary alicyclic amines) is 1. The van der Waals surface area contributed by atoms with E-state index in [0.717, 1.165) is 24.6 Å². The molecular weight excluding hydrogens is 348 g/mol. The van der Waals surface area contributed by atoms with E-state index in [9.17, 15) is 4.79 Å². The monoisotopic (exact) mass is 370 g/mol. The molecule has 0 unspecified atom stereocenters. The standard InChI is InChI=1S/C20H22N2O5/c1-13-2-4-15(27-13)9-21-6-7-24-19-11-22(10-16(19)21)20(23)14-3-5-17-18(8-14)26-12-25-17/h2-5,8,16,19H,6-7,9-12H2,1H3/t16-,19+/m0/s1. The molecule has 0 bridgehead atoms. The van der Waals surface area contributed by atoms with E-state index in [2.05, 4.69) is 4.90 Å². The Kier molecular flexibility index (Phi) is 4.06. The van der Waals surface area contributed by atoms with Crippen LogP contribution in [0.3, 0.4) is 0 Å². The summed E-state index contributed by atoms with van der Waals surface area (Å²) < 4.78 is 22.4. The number of hydrogen-bond acceptors (Lipinski definition) is 6. The number of amides is 1. The van der Waals surface area contributed by atoms with Gasteiger partial charge in [0.2, 0.25) is 6.79 Å². The van der Waals surface area contributed by atoms with Crippen LogP contribution in [0.25, 0.3) is 0 Å². The predicted octanol–water partition coefficient (Wildman–Crippen LogP) is 2.04. The topological polar surface area (TPSA) is 64.4 Å². The summed E-state index contributed by atoms with van der Waals surface area (Å²) in [7, 11) is 0. The van der Waals surface area contributed by atoms with Gasteiger partial charge in [0, 0.05) is 25.2 Å². The van der Waals surface area contributed by atoms with Crippen LogP contribution in [0.5, 0.6) is 11.5 Å². The van der Waals surface area contributed by atoms with Gasteiger partial charge < -0.3 is 23.5 Å². The van der Waals surface area contributed by atoms with E-state index in [-0.39, 0.29) is 24.8 Å². The number of ether oxygens (including phenoxy) is 3. The molecule has 3 aliphatic rings. The van der Waals surface area contributed by atoms with Gasteiger partial charge in [-0.25, -0.2) is 0 Å². The van der Waals surface area contributed by atoms with Crippen molar-refractivity contribution in [2.75, 3.05) is 33.0 Å². The fourth-order valence-electron chi connectivity index (χ4n) is 4.10. The van der Waals surface area contributed by atoms with Gasteiger partial charge in [-0.05, 0) is 37.3 Å². The molecule has 0 radical (unpaired) electrons. The third kappa shape index (κ3) is 3.07. The molecule has 0 spiro atoms. The van der Waals surface area contributed by atoms with Gasteiger partial charge in [-0.15, -0.1) is 0 Å². The highest BCUT2D eigenvalue weighted by Gasteiger charge is 2.42. The zero-order chi connectivity index (χ0) is 18.4. The molecule has 5 rings (SSSR count). The van der Waals surface area contributed by atoms with E-state index in [1.54, 1.807) is 18.2 Å². The molecule has 3 aliphatic heterocycles. The number of fused-ring (bicyclic) bond motifs is 2. The van der Waals surface area contributed by atoms with E-state index in [1.807, 2.05) is 24.0 Å². The van der Waals surface area contributed by atoms with Crippen molar-refractivity contribution in [3.63, 3.8) is 0 Å². The highest BCUT2D eigenvalue weighted by molar-refractivity contribution is 5.95. The maximum Gasteiger partial charge on any atom is 0.254 e. The Balaban J connectivity index is 1.31. The van der Waals surface area contributed by atoms with Crippen molar-refractivity contribution in [3.8, 4) is 11.5 Å². The van der Waals surface area contributed by atoms with Gasteiger partial charge in [0.05, 0.1) is 25.3 Å². The van der Waals surface area contributed by atoms with Crippen molar-refractivity contribution in [2.24, 2.45) is 0 Å². The summed E-state index contributed by atoms with van der Waals surface area (Å²) in [5, 5.41) is 0. The Morgan fingerprint density at radius 2 is 2.04 bits per heavy atom. The van der Waals surface area contributed by atoms with E-state index < -0.39 is 0 Å². The van der Waals surface area contributed by atoms with Crippen LogP contribution in [0.2, 0.25) is 0 Å². The molecule has 27 heavy (non-hydrogen) atoms. The van der Waals surface area contributed by atoms with Crippen LogP contribution in [0, 0.1) is 6.92 Å². The molecule has 2 aromatic rings. The number of benzene rings is 1. The maximum atomic E-state index is 13.0. The molecule has 1 aromatic carbocycles. The fraction of sp³-hybridized carbons (Fsp3) is 0.450. The molecule has 2 atom stereocenters. The molecule has 142 valence electrons. The van der Waals surface area contributed by atoms with Crippen molar-refractivity contribution in [1.82, 2.24) is 9.80 Å². The minimum absolute atomic E-state index is 0.0000862. The van der Waals surface area contributed by atoms with Crippen molar-refractivity contribution in [3.05, 3.63) is 47.4 Å². The second kappa shape index (κ2) is 6.58. The lowest BCUT2D eigenvalue weighted by atomic mass is 10.1. The average Bonchev–Trinajstić information content (AvgIpc) is 3.39. The number of morpholine rings is 1. The molecule has 4 heterocycles. The lowest BCUT2D eigenvalue weighted by Gasteiger charge is -2.36. The van der Waals surface area contributed by atoms with Crippen molar-refractivity contribution in [1.29, 1.82) is 0 Å². The lowest BCUT2D eigenvalue weighted by Crippen LogP contribution is -2.50. The molecule has 1 amide bonds. The first kappa shape index (κ1) is 16.6. The molecule has 7 heteroatoms. The first-order valence-electron chi connectivity index (χ1n) is 9.27. The van der Waals surface area contributed by atoms with Gasteiger partial charge in [0.1, 0.15) is 11.5 Å². The van der Waals surface area contributed by atoms with E-state index in [1.165, 1.54) is 0 Å². The van der Waals surface area contributed by atoms with E-state index >= 15 is 0 Å². The van der Waals surface area contributed by atoms with Crippen LogP contribution >= 0.6 is 0 Å². The largest absolute Gasteiger partial charge is 0.465 e. The van der Waals surface area contributed by atoms with Gasteiger partial charge in [0.15, 0.2) is 11.5 Å². The first-order chi connectivity index (χ1) is 13.2. The third-order valence-electron chi connectivity index (χ3n) is 5.48. The van der Waals surface area contributed by atoms with E-state index in [0.29, 0.717) is 36.8 Å². The zero-order valence-electron chi connectivity index (χ0n) is 15.2. The summed E-state index contributed by atoms with van der Waals surface area (Å²) in [6.45, 7) is 5.66. The van der Waals surface area contributed by atoms with Gasteiger partial charge in [0.25, 0.3) is 5.91 Å². The van der Waals surface area contributed by atoms with Crippen LogP contribution in [0.15, 0.2) is 34.7 Å². The third-order valence-corrected chi connectivity index (χ3v) is 5.48. The average molecular weight is 370 g/mol. The van der Waals surface area contributed by atoms with Crippen molar-refractivity contribution < 1.29 is 23.4 Å². The number of carbonyl (C=O) groups excluding carboxylic acids is 1. The Morgan fingerprint density at radius 1 is 1.15 bits per heavy atom.